The van der Waals surface area contributed by atoms with Crippen LogP contribution in [0.1, 0.15) is 7.43 Å². The highest BCUT2D eigenvalue weighted by Gasteiger charge is 1.36. The number of rotatable bonds is 1. The molecule has 0 radical (unpaired) electrons. The van der Waals surface area contributed by atoms with Crippen molar-refractivity contribution in [2.24, 2.45) is 0 Å². The average molecular weight is 132 g/mol. The molecule has 9 heavy (non-hydrogen) atoms. The van der Waals surface area contributed by atoms with Crippen molar-refractivity contribution in [3.63, 3.8) is 0 Å². The summed E-state index contributed by atoms with van der Waals surface area (Å²) in [5, 5.41) is 7.00. The van der Waals surface area contributed by atoms with Crippen LogP contribution < -0.4 is 0 Å². The Morgan fingerprint density at radius 1 is 1.44 bits per heavy atom. The van der Waals surface area contributed by atoms with Gasteiger partial charge in [0, 0.05) is 7.11 Å². The number of aliphatic hydroxyl groups excluding tert-OH is 1. The van der Waals surface area contributed by atoms with Crippen LogP contribution in [-0.4, -0.2) is 19.3 Å². The first-order valence-electron chi connectivity index (χ1n) is 1.83. The fourth-order valence-electron chi connectivity index (χ4n) is 0. The molecule has 0 unspecified atom stereocenters. The third kappa shape index (κ3) is 50200. The molecule has 0 aliphatic heterocycles. The number of methoxy groups -OCH3 is 1. The minimum atomic E-state index is 0. The van der Waals surface area contributed by atoms with E-state index in [9.17, 15) is 0 Å². The number of terminal acetylenes is 1. The van der Waals surface area contributed by atoms with Gasteiger partial charge in [-0.2, -0.15) is 0 Å². The molecule has 0 rings (SSSR count). The topological polar surface area (TPSA) is 29.5 Å². The molecule has 56 valence electrons. The molecule has 0 saturated carbocycles. The highest BCUT2D eigenvalue weighted by Crippen LogP contribution is 1.52. The predicted octanol–water partition coefficient (Wildman–Crippen LogP) is 1.27. The molecule has 1 N–H and O–H groups in total. The molecule has 0 aliphatic carbocycles. The molecule has 0 aliphatic rings. The second-order valence-electron chi connectivity index (χ2n) is 0.402. The van der Waals surface area contributed by atoms with Crippen molar-refractivity contribution in [2.45, 2.75) is 7.43 Å². The Morgan fingerprint density at radius 3 is 1.56 bits per heavy atom. The summed E-state index contributed by atoms with van der Waals surface area (Å²) in [6, 6.07) is 0. The van der Waals surface area contributed by atoms with E-state index in [0.717, 1.165) is 7.11 Å². The summed E-state index contributed by atoms with van der Waals surface area (Å²) in [6.07, 6.45) is 9.38. The van der Waals surface area contributed by atoms with Gasteiger partial charge in [-0.1, -0.05) is 14.0 Å². The molecule has 2 nitrogen and oxygen atoms in total. The van der Waals surface area contributed by atoms with Crippen LogP contribution in [0, 0.1) is 12.8 Å². The summed E-state index contributed by atoms with van der Waals surface area (Å²) in [5.74, 6) is 0. The largest absolute Gasteiger partial charge is 0.505 e. The Balaban J connectivity index is -0.0000000221. The molecule has 0 aromatic carbocycles. The fourth-order valence-corrected chi connectivity index (χ4v) is 0. The van der Waals surface area contributed by atoms with Crippen LogP contribution in [-0.2, 0) is 4.74 Å². The molecule has 0 bridgehead atoms. The van der Waals surface area contributed by atoms with Gasteiger partial charge in [0.15, 0.2) is 0 Å². The van der Waals surface area contributed by atoms with Gasteiger partial charge in [0.1, 0.15) is 0 Å². The second-order valence-corrected chi connectivity index (χ2v) is 0.402. The Bertz CT molecular complexity index is 39.4. The Labute approximate surface area is 58.2 Å². The van der Waals surface area contributed by atoms with E-state index in [2.05, 4.69) is 24.2 Å². The average Bonchev–Trinajstić information content (AvgIpc) is 1.96. The lowest BCUT2D eigenvalue weighted by molar-refractivity contribution is 0.339. The first-order chi connectivity index (χ1) is 3.91. The molecule has 0 saturated heterocycles. The third-order valence-corrected chi connectivity index (χ3v) is 0.167. The molecule has 0 heterocycles. The van der Waals surface area contributed by atoms with Gasteiger partial charge in [0.05, 0.1) is 13.4 Å². The van der Waals surface area contributed by atoms with Crippen molar-refractivity contribution in [2.75, 3.05) is 14.2 Å². The zero-order valence-corrected chi connectivity index (χ0v) is 5.29. The van der Waals surface area contributed by atoms with Crippen molar-refractivity contribution in [1.82, 2.24) is 0 Å². The molecule has 0 atom stereocenters. The predicted molar refractivity (Wildman–Crippen MR) is 42.0 cm³/mol. The number of aliphatic hydroxyl groups is 1. The van der Waals surface area contributed by atoms with Crippen LogP contribution in [0.15, 0.2) is 12.8 Å². The third-order valence-electron chi connectivity index (χ3n) is 0.167. The van der Waals surface area contributed by atoms with E-state index in [0.29, 0.717) is 0 Å². The number of hydrogen-bond donors (Lipinski definition) is 1. The van der Waals surface area contributed by atoms with Gasteiger partial charge in [-0.05, 0) is 0 Å². The molecule has 0 fully saturated rings. The summed E-state index contributed by atoms with van der Waals surface area (Å²) in [5.41, 5.74) is 0. The van der Waals surface area contributed by atoms with Crippen LogP contribution in [0.5, 0.6) is 0 Å². The highest BCUT2D eigenvalue weighted by atomic mass is 16.5. The van der Waals surface area contributed by atoms with Crippen molar-refractivity contribution >= 4 is 0 Å². The van der Waals surface area contributed by atoms with Crippen LogP contribution in [0.4, 0.5) is 0 Å². The Hall–Kier alpha value is -0.940. The van der Waals surface area contributed by atoms with Gasteiger partial charge in [-0.15, -0.1) is 12.8 Å². The van der Waals surface area contributed by atoms with Gasteiger partial charge >= 0.3 is 0 Å². The van der Waals surface area contributed by atoms with E-state index in [4.69, 9.17) is 5.11 Å². The lowest BCUT2D eigenvalue weighted by Crippen LogP contribution is -1.54. The standard InChI is InChI=1S/C3H6O.C2H2.CH4O.CH4/c1-3-4-2;2*1-2;/h3H,1H2,2H3;1-2H;2H,1H3;1H4. The van der Waals surface area contributed by atoms with Gasteiger partial charge in [-0.3, -0.25) is 0 Å². The molecule has 2 heteroatoms. The van der Waals surface area contributed by atoms with Crippen molar-refractivity contribution < 1.29 is 9.84 Å². The van der Waals surface area contributed by atoms with E-state index in [1.54, 1.807) is 7.11 Å². The van der Waals surface area contributed by atoms with Gasteiger partial charge in [-0.25, -0.2) is 0 Å². The van der Waals surface area contributed by atoms with E-state index in [-0.39, 0.29) is 7.43 Å². The Kier molecular flexibility index (Phi) is 625. The van der Waals surface area contributed by atoms with Crippen molar-refractivity contribution in [3.05, 3.63) is 12.8 Å². The molecular formula is C7H16O2. The van der Waals surface area contributed by atoms with Crippen LogP contribution in [0.2, 0.25) is 0 Å². The first kappa shape index (κ1) is 24.4. The fraction of sp³-hybridized carbons (Fsp3) is 0.429. The highest BCUT2D eigenvalue weighted by molar-refractivity contribution is 4.47. The summed E-state index contributed by atoms with van der Waals surface area (Å²) >= 11 is 0. The summed E-state index contributed by atoms with van der Waals surface area (Å²) in [6.45, 7) is 3.26. The van der Waals surface area contributed by atoms with Gasteiger partial charge in [0.2, 0.25) is 0 Å². The summed E-state index contributed by atoms with van der Waals surface area (Å²) in [7, 11) is 2.56. The quantitative estimate of drug-likeness (QED) is 0.430. The maximum Gasteiger partial charge on any atom is 0.0766 e. The minimum Gasteiger partial charge on any atom is -0.505 e. The summed E-state index contributed by atoms with van der Waals surface area (Å²) in [4.78, 5) is 0. The molecule has 0 aromatic rings. The summed E-state index contributed by atoms with van der Waals surface area (Å²) < 4.78 is 4.31. The van der Waals surface area contributed by atoms with Crippen molar-refractivity contribution in [1.29, 1.82) is 0 Å². The first-order valence-corrected chi connectivity index (χ1v) is 1.83. The van der Waals surface area contributed by atoms with Gasteiger partial charge < -0.3 is 9.84 Å². The molecule has 0 aromatic heterocycles. The maximum atomic E-state index is 7.00. The SMILES string of the molecule is C.C#C.C=COC.CO. The lowest BCUT2D eigenvalue weighted by atomic mass is 11.2. The molecular weight excluding hydrogens is 116 g/mol. The van der Waals surface area contributed by atoms with Crippen molar-refractivity contribution in [3.8, 4) is 12.8 Å². The minimum absolute atomic E-state index is 0. The Morgan fingerprint density at radius 2 is 1.56 bits per heavy atom. The van der Waals surface area contributed by atoms with E-state index in [1.165, 1.54) is 6.26 Å². The van der Waals surface area contributed by atoms with Gasteiger partial charge in [0.25, 0.3) is 0 Å². The number of ether oxygens (including phenoxy) is 1. The number of hydrogen-bond acceptors (Lipinski definition) is 2. The van der Waals surface area contributed by atoms with E-state index in [1.807, 2.05) is 0 Å². The van der Waals surface area contributed by atoms with Crippen LogP contribution in [0.25, 0.3) is 0 Å². The van der Waals surface area contributed by atoms with E-state index < -0.39 is 0 Å². The lowest BCUT2D eigenvalue weighted by Gasteiger charge is -1.73. The second kappa shape index (κ2) is 231. The maximum absolute atomic E-state index is 7.00. The van der Waals surface area contributed by atoms with E-state index >= 15 is 0 Å². The van der Waals surface area contributed by atoms with Crippen LogP contribution in [0.3, 0.4) is 0 Å². The zero-order valence-electron chi connectivity index (χ0n) is 5.29. The monoisotopic (exact) mass is 132 g/mol. The smallest absolute Gasteiger partial charge is 0.0766 e. The molecule has 0 spiro atoms. The normalized spacial score (nSPS) is 3.22. The molecule has 0 amide bonds. The van der Waals surface area contributed by atoms with Crippen LogP contribution >= 0.6 is 0 Å². The zero-order chi connectivity index (χ0) is 7.41.